The number of anilines is 2. The highest BCUT2D eigenvalue weighted by Crippen LogP contribution is 2.28. The lowest BCUT2D eigenvalue weighted by atomic mass is 10.1. The van der Waals surface area contributed by atoms with Gasteiger partial charge in [0.25, 0.3) is 0 Å². The van der Waals surface area contributed by atoms with Gasteiger partial charge in [-0.25, -0.2) is 9.37 Å². The molecular formula is C12H13FN4S. The highest BCUT2D eigenvalue weighted by Gasteiger charge is 2.21. The normalized spacial score (nSPS) is 14.4. The molecule has 1 aliphatic heterocycles. The van der Waals surface area contributed by atoms with Crippen molar-refractivity contribution in [1.82, 2.24) is 9.97 Å². The van der Waals surface area contributed by atoms with E-state index >= 15 is 0 Å². The van der Waals surface area contributed by atoms with E-state index in [-0.39, 0.29) is 5.82 Å². The van der Waals surface area contributed by atoms with Crippen LogP contribution < -0.4 is 10.2 Å². The van der Waals surface area contributed by atoms with E-state index < -0.39 is 0 Å². The van der Waals surface area contributed by atoms with Crippen LogP contribution in [0.5, 0.6) is 0 Å². The van der Waals surface area contributed by atoms with Crippen molar-refractivity contribution in [1.29, 1.82) is 0 Å². The number of hydrogen-bond donors (Lipinski definition) is 1. The van der Waals surface area contributed by atoms with E-state index in [1.165, 1.54) is 16.6 Å². The molecule has 2 aromatic rings. The number of halogens is 1. The largest absolute Gasteiger partial charge is 0.357 e. The molecule has 0 saturated heterocycles. The monoisotopic (exact) mass is 264 g/mol. The lowest BCUT2D eigenvalue weighted by molar-refractivity contribution is 0.596. The molecule has 2 aromatic heterocycles. The second-order valence-corrected chi connectivity index (χ2v) is 5.16. The number of fused-ring (bicyclic) bond motifs is 1. The Morgan fingerprint density at radius 2 is 2.39 bits per heavy atom. The predicted octanol–water partition coefficient (Wildman–Crippen LogP) is 2.28. The molecule has 94 valence electrons. The van der Waals surface area contributed by atoms with Gasteiger partial charge in [0, 0.05) is 25.0 Å². The quantitative estimate of drug-likeness (QED) is 0.903. The molecule has 0 bridgehead atoms. The van der Waals surface area contributed by atoms with Gasteiger partial charge in [0.2, 0.25) is 5.95 Å². The van der Waals surface area contributed by atoms with Crippen LogP contribution in [-0.2, 0) is 13.0 Å². The maximum Gasteiger partial charge on any atom is 0.224 e. The van der Waals surface area contributed by atoms with E-state index in [4.69, 9.17) is 0 Å². The van der Waals surface area contributed by atoms with Crippen LogP contribution in [0.4, 0.5) is 16.2 Å². The van der Waals surface area contributed by atoms with E-state index in [2.05, 4.69) is 26.7 Å². The zero-order valence-electron chi connectivity index (χ0n) is 9.98. The molecular weight excluding hydrogens is 251 g/mol. The summed E-state index contributed by atoms with van der Waals surface area (Å²) in [7, 11) is 1.73. The first-order chi connectivity index (χ1) is 8.78. The summed E-state index contributed by atoms with van der Waals surface area (Å²) < 4.78 is 13.8. The Bertz CT molecular complexity index is 569. The van der Waals surface area contributed by atoms with Crippen molar-refractivity contribution in [3.8, 4) is 0 Å². The third kappa shape index (κ3) is 1.92. The minimum Gasteiger partial charge on any atom is -0.357 e. The summed E-state index contributed by atoms with van der Waals surface area (Å²) in [5.41, 5.74) is 1.27. The third-order valence-electron chi connectivity index (χ3n) is 3.06. The van der Waals surface area contributed by atoms with Crippen molar-refractivity contribution in [3.63, 3.8) is 0 Å². The summed E-state index contributed by atoms with van der Waals surface area (Å²) in [5.74, 6) is 0.460. The second kappa shape index (κ2) is 4.53. The number of nitrogens with zero attached hydrogens (tertiary/aromatic N) is 3. The molecule has 0 saturated carbocycles. The summed E-state index contributed by atoms with van der Waals surface area (Å²) in [5, 5.41) is 4.92. The third-order valence-corrected chi connectivity index (χ3v) is 4.08. The first kappa shape index (κ1) is 11.4. The Morgan fingerprint density at radius 3 is 3.22 bits per heavy atom. The standard InChI is InChI=1S/C12H13FN4S/c1-14-12-15-6-9(13)11(16-12)17-4-2-10-8(7-17)3-5-18-10/h3,5-6H,2,4,7H2,1H3,(H,14,15,16). The van der Waals surface area contributed by atoms with Crippen LogP contribution in [0.15, 0.2) is 17.6 Å². The fourth-order valence-electron chi connectivity index (χ4n) is 2.13. The van der Waals surface area contributed by atoms with E-state index in [9.17, 15) is 4.39 Å². The van der Waals surface area contributed by atoms with Crippen LogP contribution in [0.2, 0.25) is 0 Å². The van der Waals surface area contributed by atoms with E-state index in [1.807, 2.05) is 4.90 Å². The van der Waals surface area contributed by atoms with Crippen LogP contribution >= 0.6 is 11.3 Å². The molecule has 1 N–H and O–H groups in total. The summed E-state index contributed by atoms with van der Waals surface area (Å²) in [6.45, 7) is 1.51. The Balaban J connectivity index is 1.92. The highest BCUT2D eigenvalue weighted by atomic mass is 32.1. The molecule has 18 heavy (non-hydrogen) atoms. The molecule has 0 spiro atoms. The van der Waals surface area contributed by atoms with Crippen molar-refractivity contribution >= 4 is 23.1 Å². The van der Waals surface area contributed by atoms with Gasteiger partial charge in [0.15, 0.2) is 11.6 Å². The summed E-state index contributed by atoms with van der Waals surface area (Å²) in [6, 6.07) is 2.10. The van der Waals surface area contributed by atoms with Gasteiger partial charge in [-0.15, -0.1) is 11.3 Å². The van der Waals surface area contributed by atoms with Gasteiger partial charge in [0.05, 0.1) is 6.20 Å². The minimum absolute atomic E-state index is 0.368. The van der Waals surface area contributed by atoms with Gasteiger partial charge in [-0.2, -0.15) is 4.98 Å². The Kier molecular flexibility index (Phi) is 2.87. The van der Waals surface area contributed by atoms with Crippen LogP contribution in [0.25, 0.3) is 0 Å². The Hall–Kier alpha value is -1.69. The molecule has 3 heterocycles. The molecule has 0 atom stereocenters. The first-order valence-corrected chi connectivity index (χ1v) is 6.66. The average molecular weight is 264 g/mol. The number of hydrogen-bond acceptors (Lipinski definition) is 5. The zero-order chi connectivity index (χ0) is 12.5. The highest BCUT2D eigenvalue weighted by molar-refractivity contribution is 7.10. The second-order valence-electron chi connectivity index (χ2n) is 4.16. The molecule has 6 heteroatoms. The zero-order valence-corrected chi connectivity index (χ0v) is 10.8. The number of rotatable bonds is 2. The smallest absolute Gasteiger partial charge is 0.224 e. The van der Waals surface area contributed by atoms with Crippen LogP contribution in [0, 0.1) is 5.82 Å². The first-order valence-electron chi connectivity index (χ1n) is 5.78. The van der Waals surface area contributed by atoms with Crippen LogP contribution in [0.3, 0.4) is 0 Å². The summed E-state index contributed by atoms with van der Waals surface area (Å²) >= 11 is 1.77. The summed E-state index contributed by atoms with van der Waals surface area (Å²) in [6.07, 6.45) is 2.17. The van der Waals surface area contributed by atoms with Gasteiger partial charge in [0.1, 0.15) is 0 Å². The van der Waals surface area contributed by atoms with Crippen LogP contribution in [0.1, 0.15) is 10.4 Å². The lowest BCUT2D eigenvalue weighted by Crippen LogP contribution is -2.31. The minimum atomic E-state index is -0.368. The topological polar surface area (TPSA) is 41.1 Å². The van der Waals surface area contributed by atoms with Crippen LogP contribution in [-0.4, -0.2) is 23.6 Å². The SMILES string of the molecule is CNc1ncc(F)c(N2CCc3sccc3C2)n1. The molecule has 0 aromatic carbocycles. The van der Waals surface area contributed by atoms with Crippen molar-refractivity contribution in [2.75, 3.05) is 23.8 Å². The molecule has 0 fully saturated rings. The average Bonchev–Trinajstić information content (AvgIpc) is 2.86. The maximum absolute atomic E-state index is 13.8. The van der Waals surface area contributed by atoms with Crippen molar-refractivity contribution in [2.24, 2.45) is 0 Å². The van der Waals surface area contributed by atoms with Gasteiger partial charge in [-0.1, -0.05) is 0 Å². The fraction of sp³-hybridized carbons (Fsp3) is 0.333. The maximum atomic E-state index is 13.8. The van der Waals surface area contributed by atoms with Gasteiger partial charge in [-0.3, -0.25) is 0 Å². The van der Waals surface area contributed by atoms with Gasteiger partial charge >= 0.3 is 0 Å². The molecule has 4 nitrogen and oxygen atoms in total. The lowest BCUT2D eigenvalue weighted by Gasteiger charge is -2.28. The molecule has 1 aliphatic rings. The Labute approximate surface area is 108 Å². The summed E-state index contributed by atoms with van der Waals surface area (Å²) in [4.78, 5) is 11.4. The van der Waals surface area contributed by atoms with Crippen molar-refractivity contribution in [3.05, 3.63) is 33.9 Å². The Morgan fingerprint density at radius 1 is 1.50 bits per heavy atom. The number of thiophene rings is 1. The number of aromatic nitrogens is 2. The van der Waals surface area contributed by atoms with Crippen molar-refractivity contribution in [2.45, 2.75) is 13.0 Å². The van der Waals surface area contributed by atoms with E-state index in [1.54, 1.807) is 18.4 Å². The molecule has 0 radical (unpaired) electrons. The fourth-order valence-corrected chi connectivity index (χ4v) is 3.02. The molecule has 0 unspecified atom stereocenters. The van der Waals surface area contributed by atoms with Gasteiger partial charge in [-0.05, 0) is 23.4 Å². The molecule has 3 rings (SSSR count). The van der Waals surface area contributed by atoms with Crippen molar-refractivity contribution < 1.29 is 4.39 Å². The molecule has 0 aliphatic carbocycles. The van der Waals surface area contributed by atoms with Gasteiger partial charge < -0.3 is 10.2 Å². The molecule has 0 amide bonds. The number of nitrogens with one attached hydrogen (secondary N) is 1. The van der Waals surface area contributed by atoms with E-state index in [0.717, 1.165) is 19.5 Å². The predicted molar refractivity (Wildman–Crippen MR) is 70.6 cm³/mol. The van der Waals surface area contributed by atoms with E-state index in [0.29, 0.717) is 11.8 Å².